The van der Waals surface area contributed by atoms with Crippen molar-refractivity contribution in [2.24, 2.45) is 11.1 Å². The summed E-state index contributed by atoms with van der Waals surface area (Å²) in [4.78, 5) is 24.3. The number of benzene rings is 1. The third kappa shape index (κ3) is 2.96. The average molecular weight is 318 g/mol. The van der Waals surface area contributed by atoms with E-state index in [1.165, 1.54) is 0 Å². The molecule has 1 unspecified atom stereocenters. The Morgan fingerprint density at radius 3 is 2.83 bits per heavy atom. The smallest absolute Gasteiger partial charge is 0.248 e. The van der Waals surface area contributed by atoms with Crippen LogP contribution < -0.4 is 15.8 Å². The largest absolute Gasteiger partial charge is 0.481 e. The molecule has 124 valence electrons. The molecule has 1 atom stereocenters. The van der Waals surface area contributed by atoms with Crippen LogP contribution in [0, 0.1) is 5.41 Å². The molecule has 3 N–H and O–H groups in total. The van der Waals surface area contributed by atoms with Crippen LogP contribution in [0.3, 0.4) is 0 Å². The van der Waals surface area contributed by atoms with Gasteiger partial charge >= 0.3 is 0 Å². The number of hydrogen-bond acceptors (Lipinski definition) is 5. The number of fused-ring (bicyclic) bond motifs is 1. The molecule has 1 heterocycles. The maximum absolute atomic E-state index is 12.9. The number of Topliss-reactive ketones (excluding diaryl/α,β-unsaturated/α-hetero) is 1. The van der Waals surface area contributed by atoms with Crippen molar-refractivity contribution in [2.45, 2.75) is 31.9 Å². The van der Waals surface area contributed by atoms with Gasteiger partial charge in [-0.2, -0.15) is 0 Å². The molecule has 6 nitrogen and oxygen atoms in total. The van der Waals surface area contributed by atoms with E-state index in [2.05, 4.69) is 5.32 Å². The Bertz CT molecular complexity index is 625. The summed E-state index contributed by atoms with van der Waals surface area (Å²) in [5.74, 6) is 0.123. The van der Waals surface area contributed by atoms with Gasteiger partial charge in [-0.05, 0) is 25.0 Å². The number of ketones is 1. The van der Waals surface area contributed by atoms with E-state index in [-0.39, 0.29) is 5.78 Å². The Labute approximate surface area is 135 Å². The lowest BCUT2D eigenvalue weighted by molar-refractivity contribution is -0.145. The molecule has 1 aromatic rings. The van der Waals surface area contributed by atoms with E-state index in [0.29, 0.717) is 31.0 Å². The fourth-order valence-electron chi connectivity index (χ4n) is 3.33. The van der Waals surface area contributed by atoms with Gasteiger partial charge in [0.05, 0.1) is 12.0 Å². The van der Waals surface area contributed by atoms with Gasteiger partial charge in [0.1, 0.15) is 5.75 Å². The van der Waals surface area contributed by atoms with Crippen LogP contribution in [0.15, 0.2) is 18.2 Å². The standard InChI is InChI=1S/C17H22N2O4/c1-22-10-17(5-2-6-17)15(20)14-9-19-8-12-4-3-11(16(18)21)7-13(12)23-14/h3-4,7,14,19H,2,5-6,8-10H2,1H3,(H2,18,21). The van der Waals surface area contributed by atoms with Gasteiger partial charge in [-0.15, -0.1) is 0 Å². The van der Waals surface area contributed by atoms with Gasteiger partial charge in [-0.3, -0.25) is 9.59 Å². The minimum Gasteiger partial charge on any atom is -0.481 e. The summed E-state index contributed by atoms with van der Waals surface area (Å²) in [6.45, 7) is 1.47. The Hall–Kier alpha value is -1.92. The second-order valence-corrected chi connectivity index (χ2v) is 6.36. The minimum absolute atomic E-state index is 0.0791. The predicted molar refractivity (Wildman–Crippen MR) is 84.2 cm³/mol. The van der Waals surface area contributed by atoms with Crippen LogP contribution in [0.4, 0.5) is 0 Å². The van der Waals surface area contributed by atoms with Gasteiger partial charge in [0, 0.05) is 31.3 Å². The maximum Gasteiger partial charge on any atom is 0.248 e. The number of primary amides is 1. The van der Waals surface area contributed by atoms with E-state index in [4.69, 9.17) is 15.2 Å². The molecule has 1 fully saturated rings. The summed E-state index contributed by atoms with van der Waals surface area (Å²) < 4.78 is 11.2. The third-order valence-electron chi connectivity index (χ3n) is 4.81. The van der Waals surface area contributed by atoms with Gasteiger partial charge in [0.15, 0.2) is 11.9 Å². The number of nitrogens with one attached hydrogen (secondary N) is 1. The molecule has 0 bridgehead atoms. The first-order valence-electron chi connectivity index (χ1n) is 7.89. The van der Waals surface area contributed by atoms with E-state index < -0.39 is 17.4 Å². The molecule has 0 saturated heterocycles. The number of hydrogen-bond donors (Lipinski definition) is 2. The van der Waals surface area contributed by atoms with Crippen molar-refractivity contribution in [3.8, 4) is 5.75 Å². The van der Waals surface area contributed by atoms with Gasteiger partial charge in [0.2, 0.25) is 5.91 Å². The first kappa shape index (κ1) is 16.0. The van der Waals surface area contributed by atoms with Crippen molar-refractivity contribution in [1.29, 1.82) is 0 Å². The van der Waals surface area contributed by atoms with Crippen molar-refractivity contribution in [2.75, 3.05) is 20.3 Å². The number of ether oxygens (including phenoxy) is 2. The first-order chi connectivity index (χ1) is 11.1. The summed E-state index contributed by atoms with van der Waals surface area (Å²) >= 11 is 0. The second kappa shape index (κ2) is 6.29. The Morgan fingerprint density at radius 1 is 1.43 bits per heavy atom. The minimum atomic E-state index is -0.574. The third-order valence-corrected chi connectivity index (χ3v) is 4.81. The van der Waals surface area contributed by atoms with Gasteiger partial charge in [-0.1, -0.05) is 12.5 Å². The van der Waals surface area contributed by atoms with Crippen LogP contribution in [0.5, 0.6) is 5.75 Å². The number of carbonyl (C=O) groups excluding carboxylic acids is 2. The summed E-state index contributed by atoms with van der Waals surface area (Å²) in [7, 11) is 1.62. The van der Waals surface area contributed by atoms with Crippen LogP contribution in [0.1, 0.15) is 35.2 Å². The number of methoxy groups -OCH3 is 1. The monoisotopic (exact) mass is 318 g/mol. The van der Waals surface area contributed by atoms with Gasteiger partial charge in [0.25, 0.3) is 0 Å². The normalized spacial score (nSPS) is 22.2. The molecule has 3 rings (SSSR count). The lowest BCUT2D eigenvalue weighted by Gasteiger charge is -2.41. The highest BCUT2D eigenvalue weighted by Crippen LogP contribution is 2.43. The van der Waals surface area contributed by atoms with E-state index in [1.54, 1.807) is 19.2 Å². The molecule has 1 aliphatic heterocycles. The SMILES string of the molecule is COCC1(C(=O)C2CNCc3ccc(C(N)=O)cc3O2)CCC1. The molecule has 0 radical (unpaired) electrons. The van der Waals surface area contributed by atoms with Gasteiger partial charge < -0.3 is 20.5 Å². The number of rotatable bonds is 5. The zero-order valence-corrected chi connectivity index (χ0v) is 13.3. The maximum atomic E-state index is 12.9. The molecule has 0 spiro atoms. The summed E-state index contributed by atoms with van der Waals surface area (Å²) in [6.07, 6.45) is 2.15. The Balaban J connectivity index is 1.84. The van der Waals surface area contributed by atoms with Crippen molar-refractivity contribution in [3.63, 3.8) is 0 Å². The molecular formula is C17H22N2O4. The quantitative estimate of drug-likeness (QED) is 0.846. The number of nitrogens with two attached hydrogens (primary N) is 1. The van der Waals surface area contributed by atoms with Crippen LogP contribution in [0.2, 0.25) is 0 Å². The van der Waals surface area contributed by atoms with Crippen molar-refractivity contribution in [3.05, 3.63) is 29.3 Å². The fourth-order valence-corrected chi connectivity index (χ4v) is 3.33. The van der Waals surface area contributed by atoms with E-state index >= 15 is 0 Å². The molecule has 0 aromatic heterocycles. The second-order valence-electron chi connectivity index (χ2n) is 6.36. The summed E-state index contributed by atoms with van der Waals surface area (Å²) in [6, 6.07) is 5.10. The highest BCUT2D eigenvalue weighted by molar-refractivity contribution is 5.93. The van der Waals surface area contributed by atoms with Gasteiger partial charge in [-0.25, -0.2) is 0 Å². The van der Waals surface area contributed by atoms with Crippen molar-refractivity contribution >= 4 is 11.7 Å². The number of carbonyl (C=O) groups is 2. The van der Waals surface area contributed by atoms with E-state index in [0.717, 1.165) is 24.8 Å². The topological polar surface area (TPSA) is 90.6 Å². The molecule has 6 heteroatoms. The molecule has 1 saturated carbocycles. The average Bonchev–Trinajstić information content (AvgIpc) is 2.71. The molecule has 1 aliphatic carbocycles. The Morgan fingerprint density at radius 2 is 2.22 bits per heavy atom. The first-order valence-corrected chi connectivity index (χ1v) is 7.89. The summed E-state index contributed by atoms with van der Waals surface area (Å²) in [5, 5.41) is 3.24. The zero-order valence-electron chi connectivity index (χ0n) is 13.3. The molecule has 2 aliphatic rings. The van der Waals surface area contributed by atoms with Crippen LogP contribution in [-0.4, -0.2) is 38.1 Å². The summed E-state index contributed by atoms with van der Waals surface area (Å²) in [5.41, 5.74) is 6.20. The Kier molecular flexibility index (Phi) is 4.37. The molecule has 1 amide bonds. The molecule has 1 aromatic carbocycles. The van der Waals surface area contributed by atoms with Crippen LogP contribution in [-0.2, 0) is 16.1 Å². The highest BCUT2D eigenvalue weighted by Gasteiger charge is 2.47. The number of amides is 1. The van der Waals surface area contributed by atoms with Crippen LogP contribution in [0.25, 0.3) is 0 Å². The zero-order chi connectivity index (χ0) is 16.4. The van der Waals surface area contributed by atoms with E-state index in [1.807, 2.05) is 6.07 Å². The molecule has 23 heavy (non-hydrogen) atoms. The van der Waals surface area contributed by atoms with E-state index in [9.17, 15) is 9.59 Å². The van der Waals surface area contributed by atoms with Crippen LogP contribution >= 0.6 is 0 Å². The predicted octanol–water partition coefficient (Wildman–Crippen LogP) is 1.02. The molecular weight excluding hydrogens is 296 g/mol. The lowest BCUT2D eigenvalue weighted by Crippen LogP contribution is -2.51. The highest BCUT2D eigenvalue weighted by atomic mass is 16.5. The lowest BCUT2D eigenvalue weighted by atomic mass is 9.65. The van der Waals surface area contributed by atoms with Crippen molar-refractivity contribution in [1.82, 2.24) is 5.32 Å². The van der Waals surface area contributed by atoms with Crippen molar-refractivity contribution < 1.29 is 19.1 Å². The fraction of sp³-hybridized carbons (Fsp3) is 0.529.